The first-order valence-electron chi connectivity index (χ1n) is 4.63. The zero-order valence-electron chi connectivity index (χ0n) is 8.13. The maximum Gasteiger partial charge on any atom is 0.239 e. The van der Waals surface area contributed by atoms with E-state index in [2.05, 4.69) is 19.2 Å². The van der Waals surface area contributed by atoms with Gasteiger partial charge in [-0.15, -0.1) is 0 Å². The van der Waals surface area contributed by atoms with Crippen LogP contribution >= 0.6 is 0 Å². The SMILES string of the molecule is CC(C)CN1CCNC(C)C1=O. The quantitative estimate of drug-likeness (QED) is 0.653. The van der Waals surface area contributed by atoms with Gasteiger partial charge in [0.05, 0.1) is 6.04 Å². The summed E-state index contributed by atoms with van der Waals surface area (Å²) in [4.78, 5) is 13.5. The van der Waals surface area contributed by atoms with E-state index < -0.39 is 0 Å². The molecule has 1 aliphatic heterocycles. The van der Waals surface area contributed by atoms with E-state index in [0.29, 0.717) is 5.92 Å². The smallest absolute Gasteiger partial charge is 0.239 e. The van der Waals surface area contributed by atoms with Gasteiger partial charge in [0, 0.05) is 19.6 Å². The molecule has 1 aliphatic rings. The second-order valence-corrected chi connectivity index (χ2v) is 3.85. The highest BCUT2D eigenvalue weighted by Gasteiger charge is 2.24. The Morgan fingerprint density at radius 3 is 2.92 bits per heavy atom. The monoisotopic (exact) mass is 170 g/mol. The lowest BCUT2D eigenvalue weighted by Crippen LogP contribution is -2.54. The van der Waals surface area contributed by atoms with E-state index in [1.165, 1.54) is 0 Å². The third-order valence-electron chi connectivity index (χ3n) is 2.10. The van der Waals surface area contributed by atoms with Gasteiger partial charge in [0.15, 0.2) is 0 Å². The van der Waals surface area contributed by atoms with E-state index in [1.807, 2.05) is 11.8 Å². The molecule has 0 aromatic rings. The number of hydrogen-bond acceptors (Lipinski definition) is 2. The third-order valence-corrected chi connectivity index (χ3v) is 2.10. The summed E-state index contributed by atoms with van der Waals surface area (Å²) >= 11 is 0. The van der Waals surface area contributed by atoms with Crippen LogP contribution < -0.4 is 5.32 Å². The van der Waals surface area contributed by atoms with Crippen LogP contribution in [-0.2, 0) is 4.79 Å². The number of nitrogens with zero attached hydrogens (tertiary/aromatic N) is 1. The van der Waals surface area contributed by atoms with E-state index in [-0.39, 0.29) is 11.9 Å². The first kappa shape index (κ1) is 9.52. The average molecular weight is 170 g/mol. The molecule has 0 aliphatic carbocycles. The molecule has 1 atom stereocenters. The summed E-state index contributed by atoms with van der Waals surface area (Å²) in [5.41, 5.74) is 0. The number of hydrogen-bond donors (Lipinski definition) is 1. The molecule has 1 amide bonds. The van der Waals surface area contributed by atoms with Crippen molar-refractivity contribution in [2.24, 2.45) is 5.92 Å². The minimum Gasteiger partial charge on any atom is -0.340 e. The molecule has 0 spiro atoms. The summed E-state index contributed by atoms with van der Waals surface area (Å²) in [6.07, 6.45) is 0. The Labute approximate surface area is 74.1 Å². The van der Waals surface area contributed by atoms with E-state index in [9.17, 15) is 4.79 Å². The number of carbonyl (C=O) groups excluding carboxylic acids is 1. The van der Waals surface area contributed by atoms with Crippen molar-refractivity contribution in [3.63, 3.8) is 0 Å². The van der Waals surface area contributed by atoms with Gasteiger partial charge in [-0.1, -0.05) is 13.8 Å². The summed E-state index contributed by atoms with van der Waals surface area (Å²) < 4.78 is 0. The van der Waals surface area contributed by atoms with Crippen LogP contribution in [0.2, 0.25) is 0 Å². The van der Waals surface area contributed by atoms with Crippen molar-refractivity contribution in [1.29, 1.82) is 0 Å². The van der Waals surface area contributed by atoms with Crippen LogP contribution in [0.3, 0.4) is 0 Å². The molecule has 0 saturated carbocycles. The number of carbonyl (C=O) groups is 1. The van der Waals surface area contributed by atoms with E-state index >= 15 is 0 Å². The average Bonchev–Trinajstić information content (AvgIpc) is 1.98. The number of piperazine rings is 1. The lowest BCUT2D eigenvalue weighted by Gasteiger charge is -2.32. The van der Waals surface area contributed by atoms with Gasteiger partial charge in [0.25, 0.3) is 0 Å². The molecule has 1 fully saturated rings. The van der Waals surface area contributed by atoms with Gasteiger partial charge in [-0.2, -0.15) is 0 Å². The van der Waals surface area contributed by atoms with Crippen molar-refractivity contribution in [3.8, 4) is 0 Å². The molecule has 3 nitrogen and oxygen atoms in total. The second-order valence-electron chi connectivity index (χ2n) is 3.85. The number of amides is 1. The zero-order chi connectivity index (χ0) is 9.14. The number of nitrogens with one attached hydrogen (secondary N) is 1. The Kier molecular flexibility index (Phi) is 3.09. The summed E-state index contributed by atoms with van der Waals surface area (Å²) in [6, 6.07) is 0.0116. The molecule has 0 bridgehead atoms. The summed E-state index contributed by atoms with van der Waals surface area (Å²) in [6.45, 7) is 8.89. The Balaban J connectivity index is 2.46. The summed E-state index contributed by atoms with van der Waals surface area (Å²) in [7, 11) is 0. The maximum absolute atomic E-state index is 11.5. The van der Waals surface area contributed by atoms with Gasteiger partial charge in [-0.05, 0) is 12.8 Å². The molecule has 0 aromatic carbocycles. The fourth-order valence-electron chi connectivity index (χ4n) is 1.51. The van der Waals surface area contributed by atoms with Crippen LogP contribution in [0, 0.1) is 5.92 Å². The minimum atomic E-state index is 0.0116. The van der Waals surface area contributed by atoms with E-state index in [1.54, 1.807) is 0 Å². The molecular formula is C9H18N2O. The summed E-state index contributed by atoms with van der Waals surface area (Å²) in [5.74, 6) is 0.814. The van der Waals surface area contributed by atoms with E-state index in [4.69, 9.17) is 0 Å². The molecule has 0 radical (unpaired) electrons. The second kappa shape index (κ2) is 3.90. The van der Waals surface area contributed by atoms with Crippen LogP contribution in [0.15, 0.2) is 0 Å². The fourth-order valence-corrected chi connectivity index (χ4v) is 1.51. The zero-order valence-corrected chi connectivity index (χ0v) is 8.13. The minimum absolute atomic E-state index is 0.0116. The molecule has 3 heteroatoms. The Morgan fingerprint density at radius 1 is 1.67 bits per heavy atom. The Hall–Kier alpha value is -0.570. The topological polar surface area (TPSA) is 32.3 Å². The van der Waals surface area contributed by atoms with Gasteiger partial charge in [0.2, 0.25) is 5.91 Å². The fraction of sp³-hybridized carbons (Fsp3) is 0.889. The number of rotatable bonds is 2. The van der Waals surface area contributed by atoms with Gasteiger partial charge >= 0.3 is 0 Å². The third kappa shape index (κ3) is 2.21. The van der Waals surface area contributed by atoms with Crippen molar-refractivity contribution in [2.45, 2.75) is 26.8 Å². The van der Waals surface area contributed by atoms with Crippen molar-refractivity contribution >= 4 is 5.91 Å². The van der Waals surface area contributed by atoms with Crippen LogP contribution in [0.1, 0.15) is 20.8 Å². The lowest BCUT2D eigenvalue weighted by molar-refractivity contribution is -0.135. The molecule has 1 rings (SSSR count). The first-order chi connectivity index (χ1) is 5.61. The lowest BCUT2D eigenvalue weighted by atomic mass is 10.1. The van der Waals surface area contributed by atoms with Crippen molar-refractivity contribution in [3.05, 3.63) is 0 Å². The van der Waals surface area contributed by atoms with Crippen molar-refractivity contribution in [2.75, 3.05) is 19.6 Å². The normalized spacial score (nSPS) is 25.2. The largest absolute Gasteiger partial charge is 0.340 e. The molecule has 1 heterocycles. The molecule has 70 valence electrons. The standard InChI is InChI=1S/C9H18N2O/c1-7(2)6-11-5-4-10-8(3)9(11)12/h7-8,10H,4-6H2,1-3H3. The molecule has 0 aromatic heterocycles. The molecule has 1 N–H and O–H groups in total. The molecular weight excluding hydrogens is 152 g/mol. The van der Waals surface area contributed by atoms with Crippen LogP contribution in [0.5, 0.6) is 0 Å². The predicted molar refractivity (Wildman–Crippen MR) is 48.9 cm³/mol. The Morgan fingerprint density at radius 2 is 2.33 bits per heavy atom. The van der Waals surface area contributed by atoms with Gasteiger partial charge in [0.1, 0.15) is 0 Å². The van der Waals surface area contributed by atoms with Gasteiger partial charge < -0.3 is 10.2 Å². The first-order valence-corrected chi connectivity index (χ1v) is 4.63. The predicted octanol–water partition coefficient (Wildman–Crippen LogP) is 0.463. The highest BCUT2D eigenvalue weighted by atomic mass is 16.2. The molecule has 1 unspecified atom stereocenters. The van der Waals surface area contributed by atoms with Crippen LogP contribution in [0.4, 0.5) is 0 Å². The highest BCUT2D eigenvalue weighted by molar-refractivity contribution is 5.82. The molecule has 1 saturated heterocycles. The summed E-state index contributed by atoms with van der Waals surface area (Å²) in [5, 5.41) is 3.14. The Bertz CT molecular complexity index is 168. The van der Waals surface area contributed by atoms with Gasteiger partial charge in [-0.25, -0.2) is 0 Å². The van der Waals surface area contributed by atoms with Crippen molar-refractivity contribution < 1.29 is 4.79 Å². The maximum atomic E-state index is 11.5. The van der Waals surface area contributed by atoms with Gasteiger partial charge in [-0.3, -0.25) is 4.79 Å². The highest BCUT2D eigenvalue weighted by Crippen LogP contribution is 2.04. The van der Waals surface area contributed by atoms with Crippen LogP contribution in [-0.4, -0.2) is 36.5 Å². The van der Waals surface area contributed by atoms with Crippen molar-refractivity contribution in [1.82, 2.24) is 10.2 Å². The molecule has 12 heavy (non-hydrogen) atoms. The van der Waals surface area contributed by atoms with E-state index in [0.717, 1.165) is 19.6 Å². The van der Waals surface area contributed by atoms with Crippen LogP contribution in [0.25, 0.3) is 0 Å².